The first-order chi connectivity index (χ1) is 15.2. The van der Waals surface area contributed by atoms with E-state index in [9.17, 15) is 0 Å². The van der Waals surface area contributed by atoms with Crippen LogP contribution in [0.5, 0.6) is 17.2 Å². The summed E-state index contributed by atoms with van der Waals surface area (Å²) in [5.74, 6) is 3.12. The molecule has 31 heavy (non-hydrogen) atoms. The minimum atomic E-state index is 0.610. The maximum Gasteiger partial charge on any atom is 0.141 e. The van der Waals surface area contributed by atoms with Gasteiger partial charge in [-0.05, 0) is 67.4 Å². The summed E-state index contributed by atoms with van der Waals surface area (Å²) in [7, 11) is 0. The third-order valence-electron chi connectivity index (χ3n) is 5.18. The monoisotopic (exact) mass is 410 g/mol. The van der Waals surface area contributed by atoms with Gasteiger partial charge in [-0.3, -0.25) is 4.99 Å². The number of benzene rings is 3. The third-order valence-corrected chi connectivity index (χ3v) is 5.18. The van der Waals surface area contributed by atoms with E-state index in [4.69, 9.17) is 9.47 Å². The molecule has 0 fully saturated rings. The molecule has 154 valence electrons. The Morgan fingerprint density at radius 3 is 2.74 bits per heavy atom. The summed E-state index contributed by atoms with van der Waals surface area (Å²) in [5.41, 5.74) is 5.01. The van der Waals surface area contributed by atoms with Crippen molar-refractivity contribution in [2.24, 2.45) is 4.99 Å². The molecule has 0 saturated carbocycles. The van der Waals surface area contributed by atoms with Gasteiger partial charge in [-0.1, -0.05) is 6.07 Å². The van der Waals surface area contributed by atoms with E-state index in [-0.39, 0.29) is 0 Å². The second kappa shape index (κ2) is 8.07. The lowest BCUT2D eigenvalue weighted by Crippen LogP contribution is -1.98. The quantitative estimate of drug-likeness (QED) is 0.414. The maximum absolute atomic E-state index is 6.11. The number of hydrogen-bond donors (Lipinski definition) is 1. The SMILES string of the molecule is CCOc1ccc2ncnc(Nc3ccc(Oc4ccc5c(c4)N=CC5)c(C)c3)c2c1. The van der Waals surface area contributed by atoms with Gasteiger partial charge in [-0.15, -0.1) is 0 Å². The minimum absolute atomic E-state index is 0.610. The van der Waals surface area contributed by atoms with E-state index < -0.39 is 0 Å². The van der Waals surface area contributed by atoms with Crippen molar-refractivity contribution < 1.29 is 9.47 Å². The summed E-state index contributed by atoms with van der Waals surface area (Å²) in [6.07, 6.45) is 4.37. The third kappa shape index (κ3) is 3.92. The zero-order valence-electron chi connectivity index (χ0n) is 17.4. The largest absolute Gasteiger partial charge is 0.494 e. The molecule has 3 aromatic carbocycles. The second-order valence-electron chi connectivity index (χ2n) is 7.35. The minimum Gasteiger partial charge on any atom is -0.494 e. The number of ether oxygens (including phenoxy) is 2. The van der Waals surface area contributed by atoms with Crippen LogP contribution in [0.4, 0.5) is 17.2 Å². The van der Waals surface area contributed by atoms with Crippen LogP contribution in [0.1, 0.15) is 18.1 Å². The number of aromatic nitrogens is 2. The van der Waals surface area contributed by atoms with Gasteiger partial charge in [-0.2, -0.15) is 0 Å². The number of rotatable bonds is 6. The summed E-state index contributed by atoms with van der Waals surface area (Å²) in [6.45, 7) is 4.60. The van der Waals surface area contributed by atoms with E-state index in [1.807, 2.05) is 68.6 Å². The molecule has 0 bridgehead atoms. The van der Waals surface area contributed by atoms with E-state index in [0.717, 1.165) is 57.3 Å². The van der Waals surface area contributed by atoms with Crippen LogP contribution >= 0.6 is 0 Å². The average molecular weight is 410 g/mol. The van der Waals surface area contributed by atoms with Crippen LogP contribution < -0.4 is 14.8 Å². The summed E-state index contributed by atoms with van der Waals surface area (Å²) in [6, 6.07) is 17.8. The molecule has 0 atom stereocenters. The van der Waals surface area contributed by atoms with Gasteiger partial charge >= 0.3 is 0 Å². The second-order valence-corrected chi connectivity index (χ2v) is 7.35. The van der Waals surface area contributed by atoms with E-state index >= 15 is 0 Å². The number of aryl methyl sites for hydroxylation is 1. The topological polar surface area (TPSA) is 68.6 Å². The molecular formula is C25H22N4O2. The lowest BCUT2D eigenvalue weighted by molar-refractivity contribution is 0.340. The van der Waals surface area contributed by atoms with Crippen LogP contribution in [-0.2, 0) is 6.42 Å². The van der Waals surface area contributed by atoms with Crippen LogP contribution in [-0.4, -0.2) is 22.8 Å². The molecule has 0 saturated heterocycles. The molecule has 6 heteroatoms. The molecular weight excluding hydrogens is 388 g/mol. The molecule has 0 amide bonds. The van der Waals surface area contributed by atoms with Crippen molar-refractivity contribution >= 4 is 34.3 Å². The van der Waals surface area contributed by atoms with Crippen LogP contribution in [0.3, 0.4) is 0 Å². The number of nitrogens with one attached hydrogen (secondary N) is 1. The van der Waals surface area contributed by atoms with Gasteiger partial charge in [0.1, 0.15) is 29.4 Å². The predicted octanol–water partition coefficient (Wildman–Crippen LogP) is 6.13. The van der Waals surface area contributed by atoms with Gasteiger partial charge < -0.3 is 14.8 Å². The Bertz CT molecular complexity index is 1300. The normalized spacial score (nSPS) is 12.1. The highest BCUT2D eigenvalue weighted by molar-refractivity contribution is 5.91. The first-order valence-electron chi connectivity index (χ1n) is 10.3. The van der Waals surface area contributed by atoms with Crippen LogP contribution in [0, 0.1) is 6.92 Å². The van der Waals surface area contributed by atoms with Gasteiger partial charge in [0, 0.05) is 29.8 Å². The summed E-state index contributed by atoms with van der Waals surface area (Å²) in [5, 5.41) is 4.31. The Balaban J connectivity index is 1.39. The number of anilines is 2. The molecule has 1 aliphatic rings. The van der Waals surface area contributed by atoms with E-state index in [1.54, 1.807) is 6.33 Å². The molecule has 1 N–H and O–H groups in total. The summed E-state index contributed by atoms with van der Waals surface area (Å²) >= 11 is 0. The fourth-order valence-corrected chi connectivity index (χ4v) is 3.64. The van der Waals surface area contributed by atoms with Crippen molar-refractivity contribution in [3.8, 4) is 17.2 Å². The van der Waals surface area contributed by atoms with Gasteiger partial charge in [-0.25, -0.2) is 9.97 Å². The first-order valence-corrected chi connectivity index (χ1v) is 10.3. The molecule has 1 aliphatic heterocycles. The van der Waals surface area contributed by atoms with Crippen molar-refractivity contribution in [3.63, 3.8) is 0 Å². The number of aliphatic imine (C=N–C) groups is 1. The van der Waals surface area contributed by atoms with Gasteiger partial charge in [0.15, 0.2) is 0 Å². The Kier molecular flexibility index (Phi) is 4.96. The number of hydrogen-bond acceptors (Lipinski definition) is 6. The predicted molar refractivity (Wildman–Crippen MR) is 124 cm³/mol. The van der Waals surface area contributed by atoms with Gasteiger partial charge in [0.25, 0.3) is 0 Å². The van der Waals surface area contributed by atoms with Gasteiger partial charge in [0.05, 0.1) is 17.8 Å². The smallest absolute Gasteiger partial charge is 0.141 e. The molecule has 0 unspecified atom stereocenters. The van der Waals surface area contributed by atoms with Crippen LogP contribution in [0.25, 0.3) is 10.9 Å². The fourth-order valence-electron chi connectivity index (χ4n) is 3.64. The molecule has 4 aromatic rings. The zero-order chi connectivity index (χ0) is 21.2. The first kappa shape index (κ1) is 19.1. The van der Waals surface area contributed by atoms with Crippen molar-refractivity contribution in [2.75, 3.05) is 11.9 Å². The molecule has 2 heterocycles. The molecule has 6 nitrogen and oxygen atoms in total. The van der Waals surface area contributed by atoms with Crippen molar-refractivity contribution in [1.82, 2.24) is 9.97 Å². The van der Waals surface area contributed by atoms with Crippen molar-refractivity contribution in [2.45, 2.75) is 20.3 Å². The molecule has 5 rings (SSSR count). The Morgan fingerprint density at radius 1 is 0.968 bits per heavy atom. The van der Waals surface area contributed by atoms with Crippen LogP contribution in [0.2, 0.25) is 0 Å². The average Bonchev–Trinajstić information content (AvgIpc) is 3.24. The molecule has 0 spiro atoms. The molecule has 0 aliphatic carbocycles. The fraction of sp³-hybridized carbons (Fsp3) is 0.160. The van der Waals surface area contributed by atoms with Gasteiger partial charge in [0.2, 0.25) is 0 Å². The summed E-state index contributed by atoms with van der Waals surface area (Å²) in [4.78, 5) is 13.2. The van der Waals surface area contributed by atoms with E-state index in [1.165, 1.54) is 5.56 Å². The highest BCUT2D eigenvalue weighted by Gasteiger charge is 2.11. The van der Waals surface area contributed by atoms with E-state index in [0.29, 0.717) is 6.61 Å². The van der Waals surface area contributed by atoms with Crippen molar-refractivity contribution in [1.29, 1.82) is 0 Å². The lowest BCUT2D eigenvalue weighted by Gasteiger charge is -2.13. The van der Waals surface area contributed by atoms with Crippen molar-refractivity contribution in [3.05, 3.63) is 72.1 Å². The van der Waals surface area contributed by atoms with Crippen LogP contribution in [0.15, 0.2) is 65.9 Å². The Hall–Kier alpha value is -3.93. The number of fused-ring (bicyclic) bond motifs is 2. The highest BCUT2D eigenvalue weighted by atomic mass is 16.5. The number of nitrogens with zero attached hydrogens (tertiary/aromatic N) is 3. The Morgan fingerprint density at radius 2 is 1.87 bits per heavy atom. The molecule has 0 radical (unpaired) electrons. The lowest BCUT2D eigenvalue weighted by atomic mass is 10.1. The zero-order valence-corrected chi connectivity index (χ0v) is 17.4. The standard InChI is InChI=1S/C25H22N4O2/c1-3-30-19-7-8-22-21(13-19)25(28-15-27-22)29-18-5-9-24(16(2)12-18)31-20-6-4-17-10-11-26-23(17)14-20/h4-9,11-15H,3,10H2,1-2H3,(H,27,28,29). The molecule has 1 aromatic heterocycles. The highest BCUT2D eigenvalue weighted by Crippen LogP contribution is 2.34. The Labute approximate surface area is 180 Å². The maximum atomic E-state index is 6.11. The summed E-state index contributed by atoms with van der Waals surface area (Å²) < 4.78 is 11.7. The van der Waals surface area contributed by atoms with E-state index in [2.05, 4.69) is 26.3 Å².